The Morgan fingerprint density at radius 2 is 1.35 bits per heavy atom. The van der Waals surface area contributed by atoms with Crippen LogP contribution in [0.3, 0.4) is 0 Å². The Morgan fingerprint density at radius 1 is 0.794 bits per heavy atom. The molecule has 0 aliphatic rings. The van der Waals surface area contributed by atoms with Crippen LogP contribution in [0.25, 0.3) is 0 Å². The van der Waals surface area contributed by atoms with Crippen LogP contribution in [0.5, 0.6) is 0 Å². The summed E-state index contributed by atoms with van der Waals surface area (Å²) in [5.41, 5.74) is 7.69. The number of primary amides is 1. The van der Waals surface area contributed by atoms with Crippen molar-refractivity contribution in [2.75, 3.05) is 11.3 Å². The van der Waals surface area contributed by atoms with Gasteiger partial charge in [-0.2, -0.15) is 0 Å². The number of carbonyl (C=O) groups excluding carboxylic acids is 3. The van der Waals surface area contributed by atoms with Crippen LogP contribution in [-0.4, -0.2) is 32.7 Å². The first-order valence-electron chi connectivity index (χ1n) is 10.3. The van der Waals surface area contributed by atoms with Crippen LogP contribution in [0, 0.1) is 6.92 Å². The third kappa shape index (κ3) is 6.42. The van der Waals surface area contributed by atoms with Crippen molar-refractivity contribution in [2.24, 2.45) is 5.73 Å². The maximum Gasteiger partial charge on any atom is 0.261 e. The normalized spacial score (nSPS) is 10.9. The van der Waals surface area contributed by atoms with Gasteiger partial charge in [0.1, 0.15) is 0 Å². The van der Waals surface area contributed by atoms with Crippen LogP contribution < -0.4 is 21.1 Å². The predicted molar refractivity (Wildman–Crippen MR) is 128 cm³/mol. The lowest BCUT2D eigenvalue weighted by Gasteiger charge is -2.11. The van der Waals surface area contributed by atoms with Crippen molar-refractivity contribution in [1.29, 1.82) is 0 Å². The molecule has 0 bridgehead atoms. The summed E-state index contributed by atoms with van der Waals surface area (Å²) in [6.45, 7) is 1.76. The van der Waals surface area contributed by atoms with Gasteiger partial charge in [0.15, 0.2) is 0 Å². The molecule has 3 aromatic carbocycles. The molecule has 0 atom stereocenters. The minimum atomic E-state index is -3.79. The molecule has 3 amide bonds. The number of carbonyl (C=O) groups is 3. The first-order valence-corrected chi connectivity index (χ1v) is 11.8. The van der Waals surface area contributed by atoms with E-state index in [0.29, 0.717) is 16.8 Å². The summed E-state index contributed by atoms with van der Waals surface area (Å²) in [6.07, 6.45) is 0. The zero-order valence-corrected chi connectivity index (χ0v) is 19.2. The van der Waals surface area contributed by atoms with Gasteiger partial charge in [0.05, 0.1) is 17.1 Å². The molecule has 0 unspecified atom stereocenters. The van der Waals surface area contributed by atoms with Gasteiger partial charge in [0, 0.05) is 17.7 Å². The minimum Gasteiger partial charge on any atom is -0.368 e. The van der Waals surface area contributed by atoms with Crippen molar-refractivity contribution in [3.05, 3.63) is 95.1 Å². The molecule has 0 aliphatic carbocycles. The topological polar surface area (TPSA) is 147 Å². The molecule has 0 heterocycles. The number of para-hydroxylation sites is 1. The summed E-state index contributed by atoms with van der Waals surface area (Å²) in [5, 5.41) is 5.13. The monoisotopic (exact) mass is 480 g/mol. The minimum absolute atomic E-state index is 0.0394. The highest BCUT2D eigenvalue weighted by atomic mass is 32.2. The molecule has 9 nitrogen and oxygen atoms in total. The van der Waals surface area contributed by atoms with E-state index in [2.05, 4.69) is 15.4 Å². The smallest absolute Gasteiger partial charge is 0.261 e. The summed E-state index contributed by atoms with van der Waals surface area (Å²) in [4.78, 5) is 35.1. The lowest BCUT2D eigenvalue weighted by molar-refractivity contribution is -0.117. The average molecular weight is 481 g/mol. The Hall–Kier alpha value is -4.18. The van der Waals surface area contributed by atoms with Gasteiger partial charge in [-0.3, -0.25) is 19.1 Å². The SMILES string of the molecule is Cc1ccccc1NS(=O)(=O)c1ccc(C(=O)NCc2ccc(C(=O)NCC(N)=O)cc2)cc1. The van der Waals surface area contributed by atoms with E-state index in [4.69, 9.17) is 5.73 Å². The summed E-state index contributed by atoms with van der Waals surface area (Å²) in [5.74, 6) is -1.44. The van der Waals surface area contributed by atoms with Crippen LogP contribution in [-0.2, 0) is 21.4 Å². The molecule has 3 aromatic rings. The Kier molecular flexibility index (Phi) is 7.64. The Morgan fingerprint density at radius 3 is 1.94 bits per heavy atom. The van der Waals surface area contributed by atoms with Crippen molar-refractivity contribution in [2.45, 2.75) is 18.4 Å². The van der Waals surface area contributed by atoms with Crippen LogP contribution >= 0.6 is 0 Å². The van der Waals surface area contributed by atoms with Gasteiger partial charge < -0.3 is 16.4 Å². The number of sulfonamides is 1. The second-order valence-corrected chi connectivity index (χ2v) is 9.16. The zero-order chi connectivity index (χ0) is 24.7. The number of aryl methyl sites for hydroxylation is 1. The largest absolute Gasteiger partial charge is 0.368 e. The van der Waals surface area contributed by atoms with E-state index in [1.165, 1.54) is 24.3 Å². The molecule has 34 heavy (non-hydrogen) atoms. The van der Waals surface area contributed by atoms with E-state index in [9.17, 15) is 22.8 Å². The summed E-state index contributed by atoms with van der Waals surface area (Å²) in [6, 6.07) is 19.1. The molecule has 5 N–H and O–H groups in total. The van der Waals surface area contributed by atoms with E-state index < -0.39 is 21.8 Å². The number of nitrogens with two attached hydrogens (primary N) is 1. The highest BCUT2D eigenvalue weighted by Crippen LogP contribution is 2.19. The van der Waals surface area contributed by atoms with E-state index in [0.717, 1.165) is 11.1 Å². The average Bonchev–Trinajstić information content (AvgIpc) is 2.82. The molecule has 0 spiro atoms. The molecule has 3 rings (SSSR count). The molecule has 0 saturated heterocycles. The third-order valence-corrected chi connectivity index (χ3v) is 6.29. The molecule has 0 radical (unpaired) electrons. The van der Waals surface area contributed by atoms with Gasteiger partial charge in [-0.25, -0.2) is 8.42 Å². The Labute approximate surface area is 197 Å². The first-order chi connectivity index (χ1) is 16.2. The second-order valence-electron chi connectivity index (χ2n) is 7.47. The van der Waals surface area contributed by atoms with E-state index >= 15 is 0 Å². The van der Waals surface area contributed by atoms with E-state index in [1.54, 1.807) is 49.4 Å². The van der Waals surface area contributed by atoms with E-state index in [1.807, 2.05) is 6.07 Å². The highest BCUT2D eigenvalue weighted by molar-refractivity contribution is 7.92. The fourth-order valence-corrected chi connectivity index (χ4v) is 4.14. The van der Waals surface area contributed by atoms with Crippen LogP contribution in [0.2, 0.25) is 0 Å². The Balaban J connectivity index is 1.58. The molecule has 0 saturated carbocycles. The molecular weight excluding hydrogens is 456 g/mol. The predicted octanol–water partition coefficient (Wildman–Crippen LogP) is 1.94. The van der Waals surface area contributed by atoms with Gasteiger partial charge in [0.25, 0.3) is 21.8 Å². The molecule has 0 aliphatic heterocycles. The number of rotatable bonds is 9. The van der Waals surface area contributed by atoms with Gasteiger partial charge in [-0.15, -0.1) is 0 Å². The van der Waals surface area contributed by atoms with Crippen molar-refractivity contribution in [3.8, 4) is 0 Å². The van der Waals surface area contributed by atoms with Crippen molar-refractivity contribution >= 4 is 33.4 Å². The number of anilines is 1. The van der Waals surface area contributed by atoms with Crippen LogP contribution in [0.4, 0.5) is 5.69 Å². The second kappa shape index (κ2) is 10.6. The molecule has 0 fully saturated rings. The fraction of sp³-hybridized carbons (Fsp3) is 0.125. The lowest BCUT2D eigenvalue weighted by atomic mass is 10.1. The van der Waals surface area contributed by atoms with Gasteiger partial charge in [-0.05, 0) is 60.5 Å². The zero-order valence-electron chi connectivity index (χ0n) is 18.4. The molecule has 176 valence electrons. The molecule has 10 heteroatoms. The highest BCUT2D eigenvalue weighted by Gasteiger charge is 2.16. The van der Waals surface area contributed by atoms with Gasteiger partial charge >= 0.3 is 0 Å². The number of benzene rings is 3. The van der Waals surface area contributed by atoms with Crippen molar-refractivity contribution < 1.29 is 22.8 Å². The first kappa shape index (κ1) is 24.5. The summed E-state index contributed by atoms with van der Waals surface area (Å²) >= 11 is 0. The van der Waals surface area contributed by atoms with Crippen molar-refractivity contribution in [1.82, 2.24) is 10.6 Å². The number of nitrogens with one attached hydrogen (secondary N) is 3. The Bertz CT molecular complexity index is 1300. The summed E-state index contributed by atoms with van der Waals surface area (Å²) in [7, 11) is -3.79. The summed E-state index contributed by atoms with van der Waals surface area (Å²) < 4.78 is 27.8. The fourth-order valence-electron chi connectivity index (χ4n) is 3.00. The standard InChI is InChI=1S/C24H24N4O5S/c1-16-4-2-3-5-21(16)28-34(32,33)20-12-10-19(11-13-20)23(30)26-14-17-6-8-18(9-7-17)24(31)27-15-22(25)29/h2-13,28H,14-15H2,1H3,(H2,25,29)(H,26,30)(H,27,31). The van der Waals surface area contributed by atoms with Crippen LogP contribution in [0.1, 0.15) is 31.8 Å². The molecule has 0 aromatic heterocycles. The van der Waals surface area contributed by atoms with Gasteiger partial charge in [-0.1, -0.05) is 30.3 Å². The quantitative estimate of drug-likeness (QED) is 0.369. The maximum absolute atomic E-state index is 12.6. The third-order valence-electron chi connectivity index (χ3n) is 4.91. The number of hydrogen-bond acceptors (Lipinski definition) is 5. The number of hydrogen-bond donors (Lipinski definition) is 4. The maximum atomic E-state index is 12.6. The lowest BCUT2D eigenvalue weighted by Crippen LogP contribution is -2.33. The van der Waals surface area contributed by atoms with Crippen LogP contribution in [0.15, 0.2) is 77.7 Å². The van der Waals surface area contributed by atoms with E-state index in [-0.39, 0.29) is 23.9 Å². The molecular formula is C24H24N4O5S. The van der Waals surface area contributed by atoms with Crippen molar-refractivity contribution in [3.63, 3.8) is 0 Å². The van der Waals surface area contributed by atoms with Gasteiger partial charge in [0.2, 0.25) is 5.91 Å². The number of amides is 3.